The Bertz CT molecular complexity index is 572. The minimum absolute atomic E-state index is 0.0614. The smallest absolute Gasteiger partial charge is 0.337 e. The van der Waals surface area contributed by atoms with E-state index in [4.69, 9.17) is 5.11 Å². The summed E-state index contributed by atoms with van der Waals surface area (Å²) in [6, 6.07) is 4.54. The fourth-order valence-electron chi connectivity index (χ4n) is 2.72. The van der Waals surface area contributed by atoms with Crippen molar-refractivity contribution in [2.45, 2.75) is 39.2 Å². The van der Waals surface area contributed by atoms with E-state index in [1.807, 2.05) is 0 Å². The second-order valence-corrected chi connectivity index (χ2v) is 7.02. The first-order chi connectivity index (χ1) is 9.78. The van der Waals surface area contributed by atoms with Gasteiger partial charge in [0.1, 0.15) is 0 Å². The number of anilines is 1. The molecule has 2 rings (SSSR count). The summed E-state index contributed by atoms with van der Waals surface area (Å²) in [5.41, 5.74) is 0.586. The van der Waals surface area contributed by atoms with Crippen LogP contribution in [0.4, 0.5) is 10.5 Å². The van der Waals surface area contributed by atoms with Crippen LogP contribution in [0.2, 0.25) is 0 Å². The summed E-state index contributed by atoms with van der Waals surface area (Å²) in [5.74, 6) is -1.08. The summed E-state index contributed by atoms with van der Waals surface area (Å²) in [6.45, 7) is 4.37. The lowest BCUT2D eigenvalue weighted by Gasteiger charge is -2.18. The molecule has 1 unspecified atom stereocenters. The van der Waals surface area contributed by atoms with E-state index in [-0.39, 0.29) is 28.7 Å². The molecular weight excluding hydrogens is 336 g/mol. The molecule has 1 aromatic rings. The summed E-state index contributed by atoms with van der Waals surface area (Å²) in [5, 5.41) is 14.7. The van der Waals surface area contributed by atoms with Crippen molar-refractivity contribution in [2.24, 2.45) is 5.41 Å². The molecule has 1 aliphatic rings. The van der Waals surface area contributed by atoms with Gasteiger partial charge in [0.15, 0.2) is 0 Å². The van der Waals surface area contributed by atoms with Gasteiger partial charge < -0.3 is 15.7 Å². The maximum Gasteiger partial charge on any atom is 0.337 e. The molecule has 0 heterocycles. The van der Waals surface area contributed by atoms with Gasteiger partial charge in [0.25, 0.3) is 0 Å². The number of carboxylic acid groups (broad SMARTS) is 1. The van der Waals surface area contributed by atoms with Crippen molar-refractivity contribution in [1.82, 2.24) is 5.32 Å². The van der Waals surface area contributed by atoms with E-state index in [1.165, 1.54) is 6.07 Å². The molecule has 5 nitrogen and oxygen atoms in total. The SMILES string of the molecule is CC1(C)CCC(NC(=O)Nc2c(Br)cccc2C(=O)O)C1. The maximum absolute atomic E-state index is 12.1. The number of hydrogen-bond donors (Lipinski definition) is 3. The highest BCUT2D eigenvalue weighted by molar-refractivity contribution is 9.10. The molecule has 1 saturated carbocycles. The number of benzene rings is 1. The van der Waals surface area contributed by atoms with E-state index in [0.717, 1.165) is 19.3 Å². The number of carbonyl (C=O) groups excluding carboxylic acids is 1. The molecule has 1 atom stereocenters. The van der Waals surface area contributed by atoms with Gasteiger partial charge in [-0.25, -0.2) is 9.59 Å². The lowest BCUT2D eigenvalue weighted by Crippen LogP contribution is -2.37. The summed E-state index contributed by atoms with van der Waals surface area (Å²) in [6.07, 6.45) is 2.96. The van der Waals surface area contributed by atoms with Crippen LogP contribution in [0.1, 0.15) is 43.5 Å². The van der Waals surface area contributed by atoms with E-state index in [2.05, 4.69) is 40.4 Å². The Morgan fingerprint density at radius 1 is 1.38 bits per heavy atom. The van der Waals surface area contributed by atoms with Crippen molar-refractivity contribution in [2.75, 3.05) is 5.32 Å². The van der Waals surface area contributed by atoms with Crippen molar-refractivity contribution < 1.29 is 14.7 Å². The molecule has 21 heavy (non-hydrogen) atoms. The number of nitrogens with one attached hydrogen (secondary N) is 2. The molecule has 0 aromatic heterocycles. The zero-order valence-corrected chi connectivity index (χ0v) is 13.7. The van der Waals surface area contributed by atoms with Crippen molar-refractivity contribution in [1.29, 1.82) is 0 Å². The van der Waals surface area contributed by atoms with Gasteiger partial charge >= 0.3 is 12.0 Å². The molecule has 1 aliphatic carbocycles. The predicted octanol–water partition coefficient (Wildman–Crippen LogP) is 3.85. The number of aromatic carboxylic acids is 1. The second kappa shape index (κ2) is 6.05. The standard InChI is InChI=1S/C15H19BrN2O3/c1-15(2)7-6-9(8-15)17-14(21)18-12-10(13(19)20)4-3-5-11(12)16/h3-5,9H,6-8H2,1-2H3,(H,19,20)(H2,17,18,21). The third kappa shape index (κ3) is 3.97. The number of hydrogen-bond acceptors (Lipinski definition) is 2. The van der Waals surface area contributed by atoms with E-state index in [1.54, 1.807) is 12.1 Å². The first kappa shape index (κ1) is 15.8. The molecule has 1 fully saturated rings. The van der Waals surface area contributed by atoms with Crippen LogP contribution in [0.5, 0.6) is 0 Å². The molecular formula is C15H19BrN2O3. The molecule has 2 amide bonds. The third-order valence-corrected chi connectivity index (χ3v) is 4.45. The average molecular weight is 355 g/mol. The van der Waals surface area contributed by atoms with E-state index in [9.17, 15) is 9.59 Å². The Labute approximate surface area is 132 Å². The summed E-state index contributed by atoms with van der Waals surface area (Å²) in [7, 11) is 0. The Kier molecular flexibility index (Phi) is 4.56. The largest absolute Gasteiger partial charge is 0.478 e. The molecule has 0 spiro atoms. The molecule has 1 aromatic carbocycles. The van der Waals surface area contributed by atoms with Crippen molar-refractivity contribution in [3.63, 3.8) is 0 Å². The van der Waals surface area contributed by atoms with Crippen LogP contribution in [0.25, 0.3) is 0 Å². The molecule has 6 heteroatoms. The number of amides is 2. The fourth-order valence-corrected chi connectivity index (χ4v) is 3.19. The van der Waals surface area contributed by atoms with Crippen LogP contribution < -0.4 is 10.6 Å². The third-order valence-electron chi connectivity index (χ3n) is 3.79. The quantitative estimate of drug-likeness (QED) is 0.771. The second-order valence-electron chi connectivity index (χ2n) is 6.17. The number of halogens is 1. The van der Waals surface area contributed by atoms with Crippen LogP contribution in [0, 0.1) is 5.41 Å². The number of carbonyl (C=O) groups is 2. The zero-order chi connectivity index (χ0) is 15.6. The minimum atomic E-state index is -1.08. The summed E-state index contributed by atoms with van der Waals surface area (Å²) < 4.78 is 0.546. The Balaban J connectivity index is 2.05. The number of para-hydroxylation sites is 1. The zero-order valence-electron chi connectivity index (χ0n) is 12.1. The van der Waals surface area contributed by atoms with E-state index >= 15 is 0 Å². The van der Waals surface area contributed by atoms with Gasteiger partial charge in [-0.1, -0.05) is 19.9 Å². The van der Waals surface area contributed by atoms with Crippen LogP contribution in [0.15, 0.2) is 22.7 Å². The van der Waals surface area contributed by atoms with Gasteiger partial charge in [-0.15, -0.1) is 0 Å². The molecule has 0 saturated heterocycles. The Hall–Kier alpha value is -1.56. The van der Waals surface area contributed by atoms with Crippen LogP contribution in [-0.2, 0) is 0 Å². The number of carboxylic acids is 1. The van der Waals surface area contributed by atoms with Crippen LogP contribution >= 0.6 is 15.9 Å². The molecule has 0 radical (unpaired) electrons. The normalized spacial score (nSPS) is 20.0. The lowest BCUT2D eigenvalue weighted by molar-refractivity contribution is 0.0698. The number of urea groups is 1. The fraction of sp³-hybridized carbons (Fsp3) is 0.467. The van der Waals surface area contributed by atoms with E-state index < -0.39 is 5.97 Å². The Morgan fingerprint density at radius 2 is 2.10 bits per heavy atom. The minimum Gasteiger partial charge on any atom is -0.478 e. The Morgan fingerprint density at radius 3 is 2.67 bits per heavy atom. The van der Waals surface area contributed by atoms with Crippen LogP contribution in [0.3, 0.4) is 0 Å². The molecule has 0 aliphatic heterocycles. The van der Waals surface area contributed by atoms with Gasteiger partial charge in [0, 0.05) is 10.5 Å². The lowest BCUT2D eigenvalue weighted by atomic mass is 9.92. The highest BCUT2D eigenvalue weighted by Gasteiger charge is 2.31. The van der Waals surface area contributed by atoms with Gasteiger partial charge in [0.05, 0.1) is 11.3 Å². The first-order valence-corrected chi connectivity index (χ1v) is 7.67. The van der Waals surface area contributed by atoms with Crippen molar-refractivity contribution in [3.05, 3.63) is 28.2 Å². The molecule has 3 N–H and O–H groups in total. The first-order valence-electron chi connectivity index (χ1n) is 6.88. The highest BCUT2D eigenvalue weighted by atomic mass is 79.9. The monoisotopic (exact) mass is 354 g/mol. The topological polar surface area (TPSA) is 78.4 Å². The average Bonchev–Trinajstić information content (AvgIpc) is 2.70. The summed E-state index contributed by atoms with van der Waals surface area (Å²) in [4.78, 5) is 23.3. The van der Waals surface area contributed by atoms with Crippen molar-refractivity contribution in [3.8, 4) is 0 Å². The van der Waals surface area contributed by atoms with Gasteiger partial charge in [-0.3, -0.25) is 0 Å². The molecule has 0 bridgehead atoms. The van der Waals surface area contributed by atoms with Gasteiger partial charge in [-0.2, -0.15) is 0 Å². The highest BCUT2D eigenvalue weighted by Crippen LogP contribution is 2.37. The van der Waals surface area contributed by atoms with Crippen molar-refractivity contribution >= 4 is 33.6 Å². The van der Waals surface area contributed by atoms with Crippen LogP contribution in [-0.4, -0.2) is 23.1 Å². The maximum atomic E-state index is 12.1. The van der Waals surface area contributed by atoms with Gasteiger partial charge in [0.2, 0.25) is 0 Å². The summed E-state index contributed by atoms with van der Waals surface area (Å²) >= 11 is 3.27. The van der Waals surface area contributed by atoms with Gasteiger partial charge in [-0.05, 0) is 52.7 Å². The number of rotatable bonds is 3. The van der Waals surface area contributed by atoms with E-state index in [0.29, 0.717) is 4.47 Å². The predicted molar refractivity (Wildman–Crippen MR) is 84.7 cm³/mol. The molecule has 114 valence electrons.